The highest BCUT2D eigenvalue weighted by molar-refractivity contribution is 7.27. The van der Waals surface area contributed by atoms with Crippen LogP contribution in [0.5, 0.6) is 0 Å². The van der Waals surface area contributed by atoms with Crippen molar-refractivity contribution in [3.05, 3.63) is 528 Å². The van der Waals surface area contributed by atoms with Crippen molar-refractivity contribution in [3.63, 3.8) is 0 Å². The average molecular weight is 1870 g/mol. The molecule has 30 aromatic rings. The molecule has 144 heavy (non-hydrogen) atoms. The third kappa shape index (κ3) is 14.6. The Morgan fingerprint density at radius 3 is 0.854 bits per heavy atom. The molecule has 672 valence electrons. The SMILES string of the molecule is c1ccc(-c2ccc(N(c3ccc4ccccc4c3)c3ccc4c(ccc5ccc6c(ccc7c8ccccc8oc76)c54)c3)cc2)cc1.c1ccc(-c2ccc(N(c3ccc4ccccc4c3)c3ccc4c(ccc5ccc6c(ccc7c8ccccc8sc76)c54)c3)cc2)cc1.c1ccc(-c2ccc(N(c3ccc4ccccc4c3)c3ccc4c(ccc5ccc6c(ccc7sc8ccccc8c76)c54)c3)cc2)cc1. The van der Waals surface area contributed by atoms with Gasteiger partial charge in [-0.15, -0.1) is 22.7 Å². The van der Waals surface area contributed by atoms with E-state index in [9.17, 15) is 0 Å². The zero-order chi connectivity index (χ0) is 94.8. The topological polar surface area (TPSA) is 22.9 Å². The molecule has 30 rings (SSSR count). The highest BCUT2D eigenvalue weighted by atomic mass is 32.1. The molecule has 0 bridgehead atoms. The molecule has 6 heteroatoms. The molecule has 3 heterocycles. The standard InChI is InChI=1S/C46H29NO.2C46H29NS/c1-2-8-30(9-3-1)32-16-20-36(21-17-32)47(37-22-18-31-10-4-5-11-34(31)28-37)38-23-25-39-35(29-38)15-14-33-19-24-43-41(45(33)39)26-27-42-40-12-6-7-13-44(40)48-46(42)43;1-2-8-30(9-3-1)32-16-20-36(21-17-32)47(37-22-18-31-10-4-5-11-34(31)28-37)38-23-25-39-35(29-38)15-14-33-19-24-41-40(45(33)39)26-27-44-46(41)42-12-6-7-13-43(42)48-44;1-2-8-30(9-3-1)32-16-20-36(21-17-32)47(37-22-18-31-10-4-5-11-34(31)28-37)38-23-25-39-35(29-38)15-14-33-19-24-43-41(45(33)39)26-27-42-40-12-6-7-13-44(40)48-46(42)43/h3*1-29H. The van der Waals surface area contributed by atoms with Gasteiger partial charge in [0, 0.05) is 113 Å². The first-order valence-electron chi connectivity index (χ1n) is 49.3. The van der Waals surface area contributed by atoms with Crippen molar-refractivity contribution < 1.29 is 4.42 Å². The van der Waals surface area contributed by atoms with Crippen molar-refractivity contribution in [2.24, 2.45) is 0 Å². The van der Waals surface area contributed by atoms with E-state index in [0.29, 0.717) is 0 Å². The van der Waals surface area contributed by atoms with Gasteiger partial charge in [0.25, 0.3) is 0 Å². The molecule has 0 N–H and O–H groups in total. The molecule has 0 fully saturated rings. The van der Waals surface area contributed by atoms with Crippen LogP contribution in [0.1, 0.15) is 0 Å². The summed E-state index contributed by atoms with van der Waals surface area (Å²) in [5.74, 6) is 0. The van der Waals surface area contributed by atoms with Gasteiger partial charge in [-0.1, -0.05) is 382 Å². The quantitative estimate of drug-likeness (QED) is 0.114. The van der Waals surface area contributed by atoms with E-state index in [0.717, 1.165) is 78.5 Å². The molecule has 0 unspecified atom stereocenters. The Labute approximate surface area is 839 Å². The summed E-state index contributed by atoms with van der Waals surface area (Å²) in [6.07, 6.45) is 0. The Bertz CT molecular complexity index is 9970. The first-order valence-corrected chi connectivity index (χ1v) is 50.9. The van der Waals surface area contributed by atoms with Crippen LogP contribution in [0.2, 0.25) is 0 Å². The van der Waals surface area contributed by atoms with Crippen molar-refractivity contribution in [1.82, 2.24) is 0 Å². The van der Waals surface area contributed by atoms with Crippen LogP contribution in [0.25, 0.3) is 225 Å². The monoisotopic (exact) mass is 1870 g/mol. The molecule has 3 aromatic heterocycles. The van der Waals surface area contributed by atoms with Crippen LogP contribution >= 0.6 is 22.7 Å². The van der Waals surface area contributed by atoms with Gasteiger partial charge in [0.15, 0.2) is 0 Å². The maximum absolute atomic E-state index is 6.44. The predicted octanol–water partition coefficient (Wildman–Crippen LogP) is 40.9. The third-order valence-corrected chi connectivity index (χ3v) is 31.8. The van der Waals surface area contributed by atoms with E-state index >= 15 is 0 Å². The molecule has 0 aliphatic heterocycles. The fraction of sp³-hybridized carbons (Fsp3) is 0. The van der Waals surface area contributed by atoms with Crippen molar-refractivity contribution in [2.75, 3.05) is 14.7 Å². The lowest BCUT2D eigenvalue weighted by molar-refractivity contribution is 0.672. The van der Waals surface area contributed by atoms with Crippen LogP contribution < -0.4 is 14.7 Å². The van der Waals surface area contributed by atoms with Crippen molar-refractivity contribution in [2.45, 2.75) is 0 Å². The van der Waals surface area contributed by atoms with E-state index in [-0.39, 0.29) is 0 Å². The second-order valence-electron chi connectivity index (χ2n) is 37.6. The minimum absolute atomic E-state index is 0.924. The Morgan fingerprint density at radius 2 is 0.403 bits per heavy atom. The fourth-order valence-electron chi connectivity index (χ4n) is 22.5. The van der Waals surface area contributed by atoms with Gasteiger partial charge < -0.3 is 19.1 Å². The van der Waals surface area contributed by atoms with E-state index in [1.54, 1.807) is 0 Å². The van der Waals surface area contributed by atoms with Gasteiger partial charge >= 0.3 is 0 Å². The Hall–Kier alpha value is -18.3. The maximum Gasteiger partial charge on any atom is 0.143 e. The number of hydrogen-bond donors (Lipinski definition) is 0. The summed E-state index contributed by atoms with van der Waals surface area (Å²) in [5, 5.41) is 37.8. The molecule has 0 saturated carbocycles. The highest BCUT2D eigenvalue weighted by Crippen LogP contribution is 2.50. The van der Waals surface area contributed by atoms with Gasteiger partial charge in [0.05, 0.1) is 0 Å². The smallest absolute Gasteiger partial charge is 0.143 e. The normalized spacial score (nSPS) is 11.8. The van der Waals surface area contributed by atoms with Crippen LogP contribution in [-0.2, 0) is 0 Å². The van der Waals surface area contributed by atoms with E-state index in [2.05, 4.69) is 536 Å². The van der Waals surface area contributed by atoms with Crippen LogP contribution in [0.15, 0.2) is 532 Å². The summed E-state index contributed by atoms with van der Waals surface area (Å²) < 4.78 is 11.8. The second kappa shape index (κ2) is 34.9. The molecular formula is C138H87N3OS2. The summed E-state index contributed by atoms with van der Waals surface area (Å²) in [4.78, 5) is 7.13. The summed E-state index contributed by atoms with van der Waals surface area (Å²) >= 11 is 3.78. The van der Waals surface area contributed by atoms with Crippen LogP contribution in [0.3, 0.4) is 0 Å². The van der Waals surface area contributed by atoms with E-state index < -0.39 is 0 Å². The molecule has 0 spiro atoms. The fourth-order valence-corrected chi connectivity index (χ4v) is 24.8. The number of thiophene rings is 2. The zero-order valence-electron chi connectivity index (χ0n) is 78.3. The van der Waals surface area contributed by atoms with Crippen molar-refractivity contribution in [3.8, 4) is 33.4 Å². The number of furan rings is 1. The lowest BCUT2D eigenvalue weighted by Gasteiger charge is -2.26. The second-order valence-corrected chi connectivity index (χ2v) is 39.8. The lowest BCUT2D eigenvalue weighted by atomic mass is 9.94. The van der Waals surface area contributed by atoms with Gasteiger partial charge in [-0.2, -0.15) is 0 Å². The summed E-state index contributed by atoms with van der Waals surface area (Å²) in [6.45, 7) is 0. The molecular weight excluding hydrogens is 1780 g/mol. The van der Waals surface area contributed by atoms with Crippen molar-refractivity contribution >= 4 is 265 Å². The molecule has 0 radical (unpaired) electrons. The van der Waals surface area contributed by atoms with E-state index in [1.165, 1.54) is 198 Å². The minimum Gasteiger partial charge on any atom is -0.455 e. The number of hydrogen-bond acceptors (Lipinski definition) is 6. The summed E-state index contributed by atoms with van der Waals surface area (Å²) in [5.41, 5.74) is 19.3. The molecule has 0 amide bonds. The first-order chi connectivity index (χ1) is 71.3. The van der Waals surface area contributed by atoms with E-state index in [4.69, 9.17) is 4.42 Å². The minimum atomic E-state index is 0.924. The Morgan fingerprint density at radius 1 is 0.139 bits per heavy atom. The maximum atomic E-state index is 6.44. The average Bonchev–Trinajstić information content (AvgIpc) is 1.48. The number of rotatable bonds is 12. The Balaban J connectivity index is 0.000000105. The summed E-state index contributed by atoms with van der Waals surface area (Å²) in [6, 6.07) is 192. The molecule has 0 atom stereocenters. The lowest BCUT2D eigenvalue weighted by Crippen LogP contribution is -2.10. The number of benzene rings is 27. The molecule has 0 aliphatic carbocycles. The Kier molecular flexibility index (Phi) is 20.3. The van der Waals surface area contributed by atoms with Gasteiger partial charge in [-0.25, -0.2) is 0 Å². The van der Waals surface area contributed by atoms with Gasteiger partial charge in [0.1, 0.15) is 11.2 Å². The molecule has 4 nitrogen and oxygen atoms in total. The zero-order valence-corrected chi connectivity index (χ0v) is 79.9. The van der Waals surface area contributed by atoms with Gasteiger partial charge in [0.2, 0.25) is 0 Å². The van der Waals surface area contributed by atoms with Gasteiger partial charge in [-0.05, 0) is 297 Å². The number of para-hydroxylation sites is 1. The van der Waals surface area contributed by atoms with Crippen LogP contribution in [0, 0.1) is 0 Å². The van der Waals surface area contributed by atoms with E-state index in [1.807, 2.05) is 28.7 Å². The molecule has 27 aromatic carbocycles. The van der Waals surface area contributed by atoms with Crippen LogP contribution in [0.4, 0.5) is 51.2 Å². The number of anilines is 9. The van der Waals surface area contributed by atoms with Gasteiger partial charge in [-0.3, -0.25) is 0 Å². The molecule has 0 saturated heterocycles. The first kappa shape index (κ1) is 83.8. The highest BCUT2D eigenvalue weighted by Gasteiger charge is 2.24. The molecule has 0 aliphatic rings. The van der Waals surface area contributed by atoms with Crippen LogP contribution in [-0.4, -0.2) is 0 Å². The largest absolute Gasteiger partial charge is 0.455 e. The number of fused-ring (bicyclic) bond motifs is 30. The number of nitrogens with zero attached hydrogens (tertiary/aromatic N) is 3. The third-order valence-electron chi connectivity index (χ3n) is 29.4. The van der Waals surface area contributed by atoms with Crippen molar-refractivity contribution in [1.29, 1.82) is 0 Å². The summed E-state index contributed by atoms with van der Waals surface area (Å²) in [7, 11) is 0. The predicted molar refractivity (Wildman–Crippen MR) is 623 cm³/mol.